The molecule has 1 aliphatic rings. The summed E-state index contributed by atoms with van der Waals surface area (Å²) in [5, 5.41) is 13.8. The monoisotopic (exact) mass is 393 g/mol. The van der Waals surface area contributed by atoms with Crippen molar-refractivity contribution < 1.29 is 4.74 Å². The molecule has 0 atom stereocenters. The van der Waals surface area contributed by atoms with E-state index in [9.17, 15) is 5.26 Å². The van der Waals surface area contributed by atoms with E-state index in [4.69, 9.17) is 14.7 Å². The minimum Gasteiger partial charge on any atom is -0.496 e. The summed E-state index contributed by atoms with van der Waals surface area (Å²) in [6.07, 6.45) is 3.52. The highest BCUT2D eigenvalue weighted by Crippen LogP contribution is 2.29. The average Bonchev–Trinajstić information content (AvgIpc) is 3.13. The van der Waals surface area contributed by atoms with Gasteiger partial charge < -0.3 is 10.1 Å². The summed E-state index contributed by atoms with van der Waals surface area (Å²) in [5.41, 5.74) is 5.46. The van der Waals surface area contributed by atoms with Crippen molar-refractivity contribution in [1.82, 2.24) is 14.5 Å². The van der Waals surface area contributed by atoms with E-state index in [-0.39, 0.29) is 0 Å². The van der Waals surface area contributed by atoms with Crippen molar-refractivity contribution in [2.75, 3.05) is 5.32 Å². The Balaban J connectivity index is 1.64. The normalized spacial score (nSPS) is 12.3. The fraction of sp³-hybridized carbons (Fsp3) is 0.125. The van der Waals surface area contributed by atoms with E-state index in [1.165, 1.54) is 5.56 Å². The van der Waals surface area contributed by atoms with Gasteiger partial charge in [0.05, 0.1) is 34.7 Å². The van der Waals surface area contributed by atoms with Crippen LogP contribution in [0.3, 0.4) is 0 Å². The minimum atomic E-state index is 0.424. The van der Waals surface area contributed by atoms with Gasteiger partial charge in [0.25, 0.3) is 0 Å². The number of hydrogen-bond acceptors (Lipinski definition) is 5. The summed E-state index contributed by atoms with van der Waals surface area (Å²) in [6, 6.07) is 20.2. The molecule has 1 aliphatic heterocycles. The lowest BCUT2D eigenvalue weighted by Gasteiger charge is -2.18. The Morgan fingerprint density at radius 2 is 2.00 bits per heavy atom. The van der Waals surface area contributed by atoms with Crippen LogP contribution in [0.4, 0.5) is 5.82 Å². The van der Waals surface area contributed by atoms with Crippen molar-refractivity contribution in [2.45, 2.75) is 20.1 Å². The van der Waals surface area contributed by atoms with Gasteiger partial charge in [0, 0.05) is 17.6 Å². The molecule has 6 nitrogen and oxygen atoms in total. The fourth-order valence-corrected chi connectivity index (χ4v) is 3.77. The summed E-state index contributed by atoms with van der Waals surface area (Å²) in [4.78, 5) is 9.65. The number of anilines is 1. The van der Waals surface area contributed by atoms with Gasteiger partial charge in [0.2, 0.25) is 5.95 Å². The van der Waals surface area contributed by atoms with E-state index in [1.807, 2.05) is 60.0 Å². The molecule has 0 bridgehead atoms. The standard InChI is InChI=1S/C24H19N5O/c1-16-12-19-18(13-25)8-5-9-22(19)29(16)24-27-21-10-11-30-15-20(21)23(28-24)26-14-17-6-3-2-4-7-17/h2-12H,14-15H2,1H3,(H,26,27,28). The van der Waals surface area contributed by atoms with Crippen LogP contribution in [-0.2, 0) is 17.9 Å². The molecule has 5 rings (SSSR count). The number of nitrogens with one attached hydrogen (secondary N) is 1. The van der Waals surface area contributed by atoms with Gasteiger partial charge in [-0.3, -0.25) is 4.57 Å². The van der Waals surface area contributed by atoms with Gasteiger partial charge >= 0.3 is 0 Å². The molecular weight excluding hydrogens is 374 g/mol. The zero-order chi connectivity index (χ0) is 20.5. The second-order valence-electron chi connectivity index (χ2n) is 7.16. The summed E-state index contributed by atoms with van der Waals surface area (Å²) in [5.74, 6) is 1.32. The summed E-state index contributed by atoms with van der Waals surface area (Å²) >= 11 is 0. The first-order chi connectivity index (χ1) is 14.7. The lowest BCUT2D eigenvalue weighted by molar-refractivity contribution is 0.234. The molecular formula is C24H19N5O. The van der Waals surface area contributed by atoms with Gasteiger partial charge in [0.1, 0.15) is 12.4 Å². The van der Waals surface area contributed by atoms with Crippen LogP contribution in [0.15, 0.2) is 60.9 Å². The molecule has 146 valence electrons. The Kier molecular flexibility index (Phi) is 4.41. The molecule has 0 aliphatic carbocycles. The average molecular weight is 393 g/mol. The number of aromatic nitrogens is 3. The molecule has 2 aromatic heterocycles. The topological polar surface area (TPSA) is 75.8 Å². The summed E-state index contributed by atoms with van der Waals surface area (Å²) < 4.78 is 7.49. The molecule has 0 spiro atoms. The van der Waals surface area contributed by atoms with Crippen molar-refractivity contribution in [3.8, 4) is 12.0 Å². The highest BCUT2D eigenvalue weighted by atomic mass is 16.5. The zero-order valence-electron chi connectivity index (χ0n) is 16.5. The number of rotatable bonds is 4. The molecule has 0 amide bonds. The van der Waals surface area contributed by atoms with E-state index in [0.717, 1.165) is 33.7 Å². The van der Waals surface area contributed by atoms with Crippen molar-refractivity contribution in [3.05, 3.63) is 88.9 Å². The number of fused-ring (bicyclic) bond motifs is 2. The van der Waals surface area contributed by atoms with Gasteiger partial charge in [-0.05, 0) is 36.8 Å². The van der Waals surface area contributed by atoms with Gasteiger partial charge in [0.15, 0.2) is 0 Å². The highest BCUT2D eigenvalue weighted by Gasteiger charge is 2.19. The maximum absolute atomic E-state index is 9.46. The van der Waals surface area contributed by atoms with Crippen LogP contribution < -0.4 is 5.32 Å². The molecule has 0 unspecified atom stereocenters. The molecule has 0 saturated heterocycles. The second kappa shape index (κ2) is 7.37. The van der Waals surface area contributed by atoms with Crippen LogP contribution in [0.5, 0.6) is 0 Å². The summed E-state index contributed by atoms with van der Waals surface area (Å²) in [7, 11) is 0. The zero-order valence-corrected chi connectivity index (χ0v) is 16.5. The number of benzene rings is 2. The number of nitrogens with zero attached hydrogens (tertiary/aromatic N) is 4. The molecule has 30 heavy (non-hydrogen) atoms. The molecule has 6 heteroatoms. The van der Waals surface area contributed by atoms with Gasteiger partial charge in [-0.25, -0.2) is 4.98 Å². The molecule has 0 saturated carbocycles. The Hall–Kier alpha value is -4.11. The maximum Gasteiger partial charge on any atom is 0.236 e. The van der Waals surface area contributed by atoms with Crippen molar-refractivity contribution in [3.63, 3.8) is 0 Å². The number of aryl methyl sites for hydroxylation is 1. The Morgan fingerprint density at radius 1 is 1.13 bits per heavy atom. The SMILES string of the molecule is Cc1cc2c(C#N)cccc2n1-c1nc2c(c(NCc3ccccc3)n1)COC=C2. The smallest absolute Gasteiger partial charge is 0.236 e. The van der Waals surface area contributed by atoms with E-state index in [2.05, 4.69) is 23.5 Å². The number of hydrogen-bond donors (Lipinski definition) is 1. The number of nitriles is 1. The minimum absolute atomic E-state index is 0.424. The Labute approximate surface area is 174 Å². The van der Waals surface area contributed by atoms with E-state index in [0.29, 0.717) is 24.7 Å². The van der Waals surface area contributed by atoms with Crippen LogP contribution in [0.2, 0.25) is 0 Å². The quantitative estimate of drug-likeness (QED) is 0.543. The first-order valence-electron chi connectivity index (χ1n) is 9.73. The summed E-state index contributed by atoms with van der Waals surface area (Å²) in [6.45, 7) is 3.07. The first kappa shape index (κ1) is 18.0. The third kappa shape index (κ3) is 3.07. The lowest BCUT2D eigenvalue weighted by Crippen LogP contribution is -2.14. The Bertz CT molecular complexity index is 1320. The molecule has 3 heterocycles. The fourth-order valence-electron chi connectivity index (χ4n) is 3.77. The number of ether oxygens (including phenoxy) is 1. The lowest BCUT2D eigenvalue weighted by atomic mass is 10.1. The molecule has 2 aromatic carbocycles. The van der Waals surface area contributed by atoms with Crippen molar-refractivity contribution in [1.29, 1.82) is 5.26 Å². The van der Waals surface area contributed by atoms with Crippen LogP contribution in [0, 0.1) is 18.3 Å². The highest BCUT2D eigenvalue weighted by molar-refractivity contribution is 5.88. The van der Waals surface area contributed by atoms with E-state index >= 15 is 0 Å². The predicted octanol–water partition coefficient (Wildman–Crippen LogP) is 4.71. The van der Waals surface area contributed by atoms with E-state index < -0.39 is 0 Å². The molecule has 1 N–H and O–H groups in total. The Morgan fingerprint density at radius 3 is 2.83 bits per heavy atom. The van der Waals surface area contributed by atoms with Gasteiger partial charge in [-0.1, -0.05) is 36.4 Å². The van der Waals surface area contributed by atoms with Crippen LogP contribution in [0.25, 0.3) is 22.9 Å². The van der Waals surface area contributed by atoms with Crippen molar-refractivity contribution in [2.24, 2.45) is 0 Å². The second-order valence-corrected chi connectivity index (χ2v) is 7.16. The maximum atomic E-state index is 9.46. The van der Waals surface area contributed by atoms with Gasteiger partial charge in [-0.15, -0.1) is 0 Å². The van der Waals surface area contributed by atoms with Gasteiger partial charge in [-0.2, -0.15) is 10.2 Å². The third-order valence-electron chi connectivity index (χ3n) is 5.23. The van der Waals surface area contributed by atoms with E-state index in [1.54, 1.807) is 6.26 Å². The van der Waals surface area contributed by atoms with Crippen molar-refractivity contribution >= 4 is 22.8 Å². The third-order valence-corrected chi connectivity index (χ3v) is 5.23. The van der Waals surface area contributed by atoms with Crippen LogP contribution in [0.1, 0.15) is 28.1 Å². The molecule has 0 fully saturated rings. The first-order valence-corrected chi connectivity index (χ1v) is 9.73. The van der Waals surface area contributed by atoms with Crippen LogP contribution >= 0.6 is 0 Å². The molecule has 4 aromatic rings. The predicted molar refractivity (Wildman–Crippen MR) is 116 cm³/mol. The molecule has 0 radical (unpaired) electrons. The van der Waals surface area contributed by atoms with Crippen LogP contribution in [-0.4, -0.2) is 14.5 Å². The largest absolute Gasteiger partial charge is 0.496 e.